The molecule has 23 heavy (non-hydrogen) atoms. The van der Waals surface area contributed by atoms with E-state index in [1.807, 2.05) is 6.07 Å². The first-order chi connectivity index (χ1) is 11.4. The van der Waals surface area contributed by atoms with E-state index < -0.39 is 0 Å². The summed E-state index contributed by atoms with van der Waals surface area (Å²) in [6, 6.07) is 16.9. The lowest BCUT2D eigenvalue weighted by Crippen LogP contribution is -2.13. The molecule has 0 atom stereocenters. The van der Waals surface area contributed by atoms with Crippen LogP contribution >= 0.6 is 11.8 Å². The lowest BCUT2D eigenvalue weighted by molar-refractivity contribution is 0.693. The van der Waals surface area contributed by atoms with Crippen LogP contribution in [-0.2, 0) is 13.1 Å². The third kappa shape index (κ3) is 3.21. The maximum absolute atomic E-state index is 4.35. The van der Waals surface area contributed by atoms with Gasteiger partial charge >= 0.3 is 0 Å². The van der Waals surface area contributed by atoms with Gasteiger partial charge in [0.2, 0.25) is 0 Å². The Balaban J connectivity index is 1.44. The number of anilines is 2. The monoisotopic (exact) mass is 320 g/mol. The quantitative estimate of drug-likeness (QED) is 0.596. The highest BCUT2D eigenvalue weighted by Crippen LogP contribution is 2.41. The summed E-state index contributed by atoms with van der Waals surface area (Å²) in [7, 11) is 0. The molecule has 0 saturated carbocycles. The molecule has 2 heterocycles. The molecule has 5 heteroatoms. The van der Waals surface area contributed by atoms with Crippen LogP contribution in [0.3, 0.4) is 0 Å². The van der Waals surface area contributed by atoms with E-state index in [2.05, 4.69) is 63.1 Å². The number of fused-ring (bicyclic) bond motifs is 2. The highest BCUT2D eigenvalue weighted by molar-refractivity contribution is 7.99. The van der Waals surface area contributed by atoms with Crippen LogP contribution in [0.25, 0.3) is 0 Å². The molecule has 0 radical (unpaired) electrons. The average molecular weight is 320 g/mol. The summed E-state index contributed by atoms with van der Waals surface area (Å²) >= 11 is 1.66. The Morgan fingerprint density at radius 3 is 2.65 bits per heavy atom. The number of nitrogens with one attached hydrogen (secondary N) is 2. The van der Waals surface area contributed by atoms with E-state index in [1.54, 1.807) is 24.2 Å². The fourth-order valence-corrected chi connectivity index (χ4v) is 3.42. The topological polar surface area (TPSA) is 49.8 Å². The predicted molar refractivity (Wildman–Crippen MR) is 92.9 cm³/mol. The lowest BCUT2D eigenvalue weighted by Gasteiger charge is -2.19. The van der Waals surface area contributed by atoms with E-state index in [9.17, 15) is 0 Å². The van der Waals surface area contributed by atoms with Crippen LogP contribution in [0.2, 0.25) is 0 Å². The smallest absolute Gasteiger partial charge is 0.163 e. The SMILES string of the molecule is c1ccc(CNCc2ccc3c(c2)Nc2nccnc2S3)cc1. The Morgan fingerprint density at radius 2 is 1.74 bits per heavy atom. The molecular weight excluding hydrogens is 304 g/mol. The van der Waals surface area contributed by atoms with Gasteiger partial charge < -0.3 is 10.6 Å². The van der Waals surface area contributed by atoms with Crippen molar-refractivity contribution < 1.29 is 0 Å². The van der Waals surface area contributed by atoms with Crippen molar-refractivity contribution in [3.8, 4) is 0 Å². The molecule has 4 nitrogen and oxygen atoms in total. The van der Waals surface area contributed by atoms with Crippen molar-refractivity contribution in [2.24, 2.45) is 0 Å². The van der Waals surface area contributed by atoms with Gasteiger partial charge in [-0.25, -0.2) is 9.97 Å². The molecule has 0 aliphatic carbocycles. The van der Waals surface area contributed by atoms with Crippen molar-refractivity contribution in [1.29, 1.82) is 0 Å². The average Bonchev–Trinajstić information content (AvgIpc) is 2.61. The molecule has 0 amide bonds. The second-order valence-electron chi connectivity index (χ2n) is 5.36. The molecule has 4 rings (SSSR count). The van der Waals surface area contributed by atoms with Gasteiger partial charge in [0.15, 0.2) is 5.82 Å². The third-order valence-electron chi connectivity index (χ3n) is 3.67. The van der Waals surface area contributed by atoms with Crippen molar-refractivity contribution in [2.45, 2.75) is 23.0 Å². The number of hydrogen-bond acceptors (Lipinski definition) is 5. The Kier molecular flexibility index (Phi) is 3.96. The summed E-state index contributed by atoms with van der Waals surface area (Å²) in [6.45, 7) is 1.70. The van der Waals surface area contributed by atoms with Gasteiger partial charge in [-0.15, -0.1) is 0 Å². The maximum atomic E-state index is 4.35. The zero-order valence-electron chi connectivity index (χ0n) is 12.5. The Labute approximate surface area is 139 Å². The first-order valence-electron chi connectivity index (χ1n) is 7.52. The molecule has 0 spiro atoms. The summed E-state index contributed by atoms with van der Waals surface area (Å²) < 4.78 is 0. The summed E-state index contributed by atoms with van der Waals surface area (Å²) in [6.07, 6.45) is 3.43. The van der Waals surface area contributed by atoms with Crippen molar-refractivity contribution in [2.75, 3.05) is 5.32 Å². The molecule has 0 bridgehead atoms. The first-order valence-corrected chi connectivity index (χ1v) is 8.33. The minimum absolute atomic E-state index is 0.833. The van der Waals surface area contributed by atoms with Crippen LogP contribution in [0.1, 0.15) is 11.1 Å². The van der Waals surface area contributed by atoms with Gasteiger partial charge in [-0.1, -0.05) is 48.2 Å². The Bertz CT molecular complexity index is 820. The fourth-order valence-electron chi connectivity index (χ4n) is 2.54. The van der Waals surface area contributed by atoms with Crippen LogP contribution in [0.5, 0.6) is 0 Å². The second kappa shape index (κ2) is 6.40. The minimum Gasteiger partial charge on any atom is -0.337 e. The van der Waals surface area contributed by atoms with E-state index in [0.717, 1.165) is 29.6 Å². The molecule has 2 N–H and O–H groups in total. The summed E-state index contributed by atoms with van der Waals surface area (Å²) in [5, 5.41) is 7.77. The molecule has 3 aromatic rings. The highest BCUT2D eigenvalue weighted by Gasteiger charge is 2.17. The molecule has 0 unspecified atom stereocenters. The minimum atomic E-state index is 0.833. The zero-order chi connectivity index (χ0) is 15.5. The lowest BCUT2D eigenvalue weighted by atomic mass is 10.2. The number of hydrogen-bond donors (Lipinski definition) is 2. The normalized spacial score (nSPS) is 12.2. The number of rotatable bonds is 4. The molecule has 1 aliphatic heterocycles. The predicted octanol–water partition coefficient (Wildman–Crippen LogP) is 3.97. The molecule has 114 valence electrons. The molecule has 0 saturated heterocycles. The van der Waals surface area contributed by atoms with E-state index in [1.165, 1.54) is 16.0 Å². The highest BCUT2D eigenvalue weighted by atomic mass is 32.2. The van der Waals surface area contributed by atoms with Crippen LogP contribution in [0, 0.1) is 0 Å². The van der Waals surface area contributed by atoms with Gasteiger partial charge in [0.25, 0.3) is 0 Å². The van der Waals surface area contributed by atoms with Crippen molar-refractivity contribution in [3.63, 3.8) is 0 Å². The van der Waals surface area contributed by atoms with E-state index >= 15 is 0 Å². The number of benzene rings is 2. The van der Waals surface area contributed by atoms with Gasteiger partial charge in [0.05, 0.1) is 5.69 Å². The van der Waals surface area contributed by atoms with Crippen LogP contribution < -0.4 is 10.6 Å². The van der Waals surface area contributed by atoms with Gasteiger partial charge in [0.1, 0.15) is 5.03 Å². The molecular formula is C18H16N4S. The van der Waals surface area contributed by atoms with Crippen molar-refractivity contribution in [1.82, 2.24) is 15.3 Å². The Hall–Kier alpha value is -2.37. The third-order valence-corrected chi connectivity index (χ3v) is 4.74. The maximum Gasteiger partial charge on any atom is 0.163 e. The van der Waals surface area contributed by atoms with Gasteiger partial charge in [0, 0.05) is 30.4 Å². The summed E-state index contributed by atoms with van der Waals surface area (Å²) in [5.74, 6) is 0.833. The number of aromatic nitrogens is 2. The molecule has 2 aromatic carbocycles. The van der Waals surface area contributed by atoms with Gasteiger partial charge in [-0.2, -0.15) is 0 Å². The van der Waals surface area contributed by atoms with E-state index in [-0.39, 0.29) is 0 Å². The van der Waals surface area contributed by atoms with Crippen molar-refractivity contribution in [3.05, 3.63) is 72.1 Å². The van der Waals surface area contributed by atoms with Gasteiger partial charge in [-0.3, -0.25) is 0 Å². The standard InChI is InChI=1S/C18H16N4S/c1-2-4-13(5-3-1)11-19-12-14-6-7-16-15(10-14)22-17-18(23-16)21-9-8-20-17/h1-10,19H,11-12H2,(H,20,22). The summed E-state index contributed by atoms with van der Waals surface area (Å²) in [4.78, 5) is 9.87. The Morgan fingerprint density at radius 1 is 0.913 bits per heavy atom. The van der Waals surface area contributed by atoms with E-state index in [0.29, 0.717) is 0 Å². The largest absolute Gasteiger partial charge is 0.337 e. The first kappa shape index (κ1) is 14.2. The second-order valence-corrected chi connectivity index (χ2v) is 6.39. The number of nitrogens with zero attached hydrogens (tertiary/aromatic N) is 2. The summed E-state index contributed by atoms with van der Waals surface area (Å²) in [5.41, 5.74) is 3.64. The van der Waals surface area contributed by atoms with Crippen LogP contribution in [0.15, 0.2) is 70.8 Å². The van der Waals surface area contributed by atoms with Crippen molar-refractivity contribution >= 4 is 23.3 Å². The van der Waals surface area contributed by atoms with Gasteiger partial charge in [-0.05, 0) is 23.3 Å². The fraction of sp³-hybridized carbons (Fsp3) is 0.111. The molecule has 1 aromatic heterocycles. The molecule has 0 fully saturated rings. The molecule has 1 aliphatic rings. The van der Waals surface area contributed by atoms with Crippen LogP contribution in [0.4, 0.5) is 11.5 Å². The van der Waals surface area contributed by atoms with Crippen LogP contribution in [-0.4, -0.2) is 9.97 Å². The van der Waals surface area contributed by atoms with E-state index in [4.69, 9.17) is 0 Å². The zero-order valence-corrected chi connectivity index (χ0v) is 13.3.